The Kier molecular flexibility index (Phi) is 4.74. The topological polar surface area (TPSA) is 55.8 Å². The van der Waals surface area contributed by atoms with Gasteiger partial charge in [0.1, 0.15) is 5.75 Å². The molecule has 1 aliphatic rings. The zero-order chi connectivity index (χ0) is 18.0. The number of hydrogen-bond donors (Lipinski definition) is 0. The van der Waals surface area contributed by atoms with E-state index in [0.717, 1.165) is 17.0 Å². The molecule has 25 heavy (non-hydrogen) atoms. The van der Waals surface area contributed by atoms with Gasteiger partial charge in [0.05, 0.1) is 31.2 Å². The van der Waals surface area contributed by atoms with Crippen LogP contribution in [0.15, 0.2) is 48.5 Å². The van der Waals surface area contributed by atoms with E-state index in [9.17, 15) is 9.59 Å². The highest BCUT2D eigenvalue weighted by Gasteiger charge is 2.45. The van der Waals surface area contributed by atoms with Crippen molar-refractivity contribution in [2.45, 2.75) is 19.9 Å². The molecule has 2 aromatic rings. The van der Waals surface area contributed by atoms with Gasteiger partial charge in [0.2, 0.25) is 5.91 Å². The second-order valence-electron chi connectivity index (χ2n) is 5.98. The van der Waals surface area contributed by atoms with E-state index < -0.39 is 0 Å². The molecule has 5 heteroatoms. The molecule has 2 atom stereocenters. The molecule has 1 aliphatic heterocycles. The third-order valence-electron chi connectivity index (χ3n) is 4.49. The summed E-state index contributed by atoms with van der Waals surface area (Å²) in [6.45, 7) is 4.05. The maximum absolute atomic E-state index is 12.4. The fourth-order valence-corrected chi connectivity index (χ4v) is 3.13. The van der Waals surface area contributed by atoms with E-state index in [0.29, 0.717) is 12.2 Å². The molecule has 3 rings (SSSR count). The number of rotatable bonds is 5. The highest BCUT2D eigenvalue weighted by atomic mass is 16.5. The van der Waals surface area contributed by atoms with Crippen LogP contribution >= 0.6 is 0 Å². The Hall–Kier alpha value is -2.82. The summed E-state index contributed by atoms with van der Waals surface area (Å²) in [6.07, 6.45) is 0. The number of hydrogen-bond acceptors (Lipinski definition) is 4. The lowest BCUT2D eigenvalue weighted by atomic mass is 9.83. The van der Waals surface area contributed by atoms with E-state index in [2.05, 4.69) is 0 Å². The van der Waals surface area contributed by atoms with Gasteiger partial charge in [0, 0.05) is 5.69 Å². The number of amides is 1. The Labute approximate surface area is 147 Å². The third kappa shape index (κ3) is 3.09. The number of carbonyl (C=O) groups is 2. The summed E-state index contributed by atoms with van der Waals surface area (Å²) in [4.78, 5) is 25.9. The van der Waals surface area contributed by atoms with Gasteiger partial charge in [-0.3, -0.25) is 4.79 Å². The molecule has 0 bridgehead atoms. The molecule has 1 amide bonds. The second-order valence-corrected chi connectivity index (χ2v) is 5.98. The Morgan fingerprint density at radius 1 is 1.08 bits per heavy atom. The number of anilines is 1. The van der Waals surface area contributed by atoms with Crippen LogP contribution in [0, 0.1) is 5.92 Å². The minimum absolute atomic E-state index is 0.0443. The molecule has 5 nitrogen and oxygen atoms in total. The number of carbonyl (C=O) groups excluding carboxylic acids is 2. The number of β-lactam (4-membered cyclic amide) rings is 1. The van der Waals surface area contributed by atoms with Crippen LogP contribution in [0.2, 0.25) is 0 Å². The van der Waals surface area contributed by atoms with Gasteiger partial charge < -0.3 is 14.4 Å². The van der Waals surface area contributed by atoms with Crippen LogP contribution in [0.5, 0.6) is 5.75 Å². The van der Waals surface area contributed by atoms with Crippen LogP contribution in [0.1, 0.15) is 35.8 Å². The second kappa shape index (κ2) is 6.97. The van der Waals surface area contributed by atoms with Crippen molar-refractivity contribution in [3.05, 3.63) is 59.7 Å². The molecule has 130 valence electrons. The van der Waals surface area contributed by atoms with Crippen molar-refractivity contribution >= 4 is 17.6 Å². The van der Waals surface area contributed by atoms with Crippen LogP contribution in [0.4, 0.5) is 5.69 Å². The molecular weight excluding hydrogens is 318 g/mol. The van der Waals surface area contributed by atoms with Crippen LogP contribution < -0.4 is 9.64 Å². The highest BCUT2D eigenvalue weighted by Crippen LogP contribution is 2.43. The number of methoxy groups -OCH3 is 1. The van der Waals surface area contributed by atoms with Crippen LogP contribution in [0.3, 0.4) is 0 Å². The summed E-state index contributed by atoms with van der Waals surface area (Å²) < 4.78 is 10.2. The number of esters is 1. The molecule has 2 aromatic carbocycles. The molecule has 0 unspecified atom stereocenters. The summed E-state index contributed by atoms with van der Waals surface area (Å²) in [5.41, 5.74) is 2.35. The van der Waals surface area contributed by atoms with Crippen molar-refractivity contribution in [2.75, 3.05) is 18.6 Å². The summed E-state index contributed by atoms with van der Waals surface area (Å²) in [7, 11) is 1.61. The molecule has 1 fully saturated rings. The van der Waals surface area contributed by atoms with E-state index >= 15 is 0 Å². The first-order valence-electron chi connectivity index (χ1n) is 8.31. The summed E-state index contributed by atoms with van der Waals surface area (Å²) in [6, 6.07) is 14.7. The van der Waals surface area contributed by atoms with Crippen LogP contribution in [-0.4, -0.2) is 25.6 Å². The summed E-state index contributed by atoms with van der Waals surface area (Å²) in [5.74, 6) is 0.402. The largest absolute Gasteiger partial charge is 0.497 e. The zero-order valence-corrected chi connectivity index (χ0v) is 14.6. The number of nitrogens with zero attached hydrogens (tertiary/aromatic N) is 1. The Morgan fingerprint density at radius 2 is 1.72 bits per heavy atom. The average molecular weight is 339 g/mol. The lowest BCUT2D eigenvalue weighted by Gasteiger charge is -2.46. The van der Waals surface area contributed by atoms with Gasteiger partial charge in [0.25, 0.3) is 0 Å². The first kappa shape index (κ1) is 17.0. The third-order valence-corrected chi connectivity index (χ3v) is 4.49. The Bertz CT molecular complexity index is 767. The van der Waals surface area contributed by atoms with Gasteiger partial charge in [-0.2, -0.15) is 0 Å². The molecule has 0 N–H and O–H groups in total. The molecule has 1 heterocycles. The van der Waals surface area contributed by atoms with Crippen LogP contribution in [-0.2, 0) is 9.53 Å². The standard InChI is InChI=1S/C20H21NO4/c1-4-25-20(23)15-7-5-14(6-8-15)18-13(2)19(22)21(18)16-9-11-17(24-3)12-10-16/h5-13,18H,4H2,1-3H3/t13-,18-/m0/s1. The molecule has 1 saturated heterocycles. The van der Waals surface area contributed by atoms with Gasteiger partial charge in [-0.15, -0.1) is 0 Å². The fraction of sp³-hybridized carbons (Fsp3) is 0.300. The lowest BCUT2D eigenvalue weighted by molar-refractivity contribution is -0.129. The van der Waals surface area contributed by atoms with Crippen molar-refractivity contribution in [1.82, 2.24) is 0 Å². The Morgan fingerprint density at radius 3 is 2.28 bits per heavy atom. The zero-order valence-electron chi connectivity index (χ0n) is 14.6. The predicted octanol–water partition coefficient (Wildman–Crippen LogP) is 3.60. The SMILES string of the molecule is CCOC(=O)c1ccc([C@@H]2[C@H](C)C(=O)N2c2ccc(OC)cc2)cc1. The van der Waals surface area contributed by atoms with Crippen molar-refractivity contribution in [3.63, 3.8) is 0 Å². The van der Waals surface area contributed by atoms with Crippen molar-refractivity contribution in [3.8, 4) is 5.75 Å². The van der Waals surface area contributed by atoms with Crippen molar-refractivity contribution in [2.24, 2.45) is 5.92 Å². The van der Waals surface area contributed by atoms with E-state index in [4.69, 9.17) is 9.47 Å². The number of benzene rings is 2. The molecule has 0 aliphatic carbocycles. The van der Waals surface area contributed by atoms with Gasteiger partial charge >= 0.3 is 5.97 Å². The monoisotopic (exact) mass is 339 g/mol. The quantitative estimate of drug-likeness (QED) is 0.617. The average Bonchev–Trinajstić information content (AvgIpc) is 2.66. The van der Waals surface area contributed by atoms with E-state index in [-0.39, 0.29) is 23.8 Å². The molecular formula is C20H21NO4. The van der Waals surface area contributed by atoms with Gasteiger partial charge in [-0.05, 0) is 48.9 Å². The lowest BCUT2D eigenvalue weighted by Crippen LogP contribution is -2.54. The number of ether oxygens (including phenoxy) is 2. The molecule has 0 saturated carbocycles. The maximum atomic E-state index is 12.4. The van der Waals surface area contributed by atoms with E-state index in [1.165, 1.54) is 0 Å². The highest BCUT2D eigenvalue weighted by molar-refractivity contribution is 6.03. The van der Waals surface area contributed by atoms with Gasteiger partial charge in [-0.1, -0.05) is 19.1 Å². The fourth-order valence-electron chi connectivity index (χ4n) is 3.13. The predicted molar refractivity (Wildman–Crippen MR) is 94.8 cm³/mol. The van der Waals surface area contributed by atoms with E-state index in [1.807, 2.05) is 43.3 Å². The smallest absolute Gasteiger partial charge is 0.338 e. The van der Waals surface area contributed by atoms with Crippen molar-refractivity contribution < 1.29 is 19.1 Å². The summed E-state index contributed by atoms with van der Waals surface area (Å²) in [5, 5.41) is 0. The first-order valence-corrected chi connectivity index (χ1v) is 8.31. The van der Waals surface area contributed by atoms with E-state index in [1.54, 1.807) is 31.1 Å². The maximum Gasteiger partial charge on any atom is 0.338 e. The summed E-state index contributed by atoms with van der Waals surface area (Å²) >= 11 is 0. The normalized spacial score (nSPS) is 19.3. The van der Waals surface area contributed by atoms with Crippen LogP contribution in [0.25, 0.3) is 0 Å². The molecule has 0 radical (unpaired) electrons. The van der Waals surface area contributed by atoms with Crippen molar-refractivity contribution in [1.29, 1.82) is 0 Å². The first-order chi connectivity index (χ1) is 12.1. The molecule has 0 spiro atoms. The minimum Gasteiger partial charge on any atom is -0.497 e. The minimum atomic E-state index is -0.334. The van der Waals surface area contributed by atoms with Gasteiger partial charge in [0.15, 0.2) is 0 Å². The Balaban J connectivity index is 1.84. The van der Waals surface area contributed by atoms with Gasteiger partial charge in [-0.25, -0.2) is 4.79 Å². The molecule has 0 aromatic heterocycles.